The fourth-order valence-electron chi connectivity index (χ4n) is 2.16. The van der Waals surface area contributed by atoms with E-state index >= 15 is 0 Å². The molecule has 0 bridgehead atoms. The van der Waals surface area contributed by atoms with Gasteiger partial charge in [-0.15, -0.1) is 0 Å². The maximum absolute atomic E-state index is 6.18. The van der Waals surface area contributed by atoms with Gasteiger partial charge in [0.15, 0.2) is 0 Å². The van der Waals surface area contributed by atoms with Crippen molar-refractivity contribution >= 4 is 34.3 Å². The van der Waals surface area contributed by atoms with E-state index in [-0.39, 0.29) is 0 Å². The summed E-state index contributed by atoms with van der Waals surface area (Å²) in [5.74, 6) is 0.663. The topological polar surface area (TPSA) is 24.5 Å². The summed E-state index contributed by atoms with van der Waals surface area (Å²) in [5.41, 5.74) is 4.98. The molecule has 92 valence electrons. The number of nitrogens with one attached hydrogen (secondary N) is 1. The molecule has 18 heavy (non-hydrogen) atoms. The highest BCUT2D eigenvalue weighted by molar-refractivity contribution is 6.26. The van der Waals surface area contributed by atoms with Gasteiger partial charge in [-0.05, 0) is 23.8 Å². The molecule has 0 spiro atoms. The van der Waals surface area contributed by atoms with E-state index in [9.17, 15) is 0 Å². The van der Waals surface area contributed by atoms with Gasteiger partial charge in [-0.1, -0.05) is 30.3 Å². The van der Waals surface area contributed by atoms with Gasteiger partial charge >= 0.3 is 0 Å². The Balaban J connectivity index is 2.23. The third-order valence-electron chi connectivity index (χ3n) is 2.94. The zero-order chi connectivity index (χ0) is 12.5. The van der Waals surface area contributed by atoms with Crippen molar-refractivity contribution < 1.29 is 4.74 Å². The van der Waals surface area contributed by atoms with Gasteiger partial charge in [-0.2, -0.15) is 4.53 Å². The molecule has 0 aliphatic carbocycles. The van der Waals surface area contributed by atoms with Crippen molar-refractivity contribution in [2.75, 3.05) is 11.1 Å². The first-order valence-electron chi connectivity index (χ1n) is 5.88. The largest absolute Gasteiger partial charge is 0.478 e. The van der Waals surface area contributed by atoms with Gasteiger partial charge in [0.2, 0.25) is 5.88 Å². The predicted molar refractivity (Wildman–Crippen MR) is 75.0 cm³/mol. The Hall–Kier alpha value is -1.87. The lowest BCUT2D eigenvalue weighted by molar-refractivity contribution is 0.210. The number of halogens is 1. The van der Waals surface area contributed by atoms with E-state index in [1.54, 1.807) is 0 Å². The zero-order valence-electron chi connectivity index (χ0n) is 9.98. The Labute approximate surface area is 111 Å². The number of anilines is 1. The van der Waals surface area contributed by atoms with Crippen LogP contribution in [0.5, 0.6) is 0 Å². The Morgan fingerprint density at radius 2 is 2.06 bits per heavy atom. The molecule has 3 nitrogen and oxygen atoms in total. The second kappa shape index (κ2) is 4.42. The van der Waals surface area contributed by atoms with Crippen molar-refractivity contribution in [1.29, 1.82) is 0 Å². The number of ether oxygens (including phenoxy) is 1. The molecule has 2 aromatic rings. The van der Waals surface area contributed by atoms with E-state index < -0.39 is 0 Å². The lowest BCUT2D eigenvalue weighted by atomic mass is 10.0. The van der Waals surface area contributed by atoms with Gasteiger partial charge in [0.05, 0.1) is 12.3 Å². The Morgan fingerprint density at radius 1 is 1.22 bits per heavy atom. The lowest BCUT2D eigenvalue weighted by Crippen LogP contribution is -2.33. The quantitative estimate of drug-likeness (QED) is 0.834. The first-order chi connectivity index (χ1) is 8.79. The summed E-state index contributed by atoms with van der Waals surface area (Å²) in [4.78, 5) is 0. The molecule has 0 aromatic heterocycles. The van der Waals surface area contributed by atoms with Crippen LogP contribution >= 0.6 is 11.8 Å². The number of rotatable bonds is 2. The number of nitrogens with zero attached hydrogens (tertiary/aromatic N) is 1. The third kappa shape index (κ3) is 1.77. The minimum Gasteiger partial charge on any atom is -0.478 e. The smallest absolute Gasteiger partial charge is 0.207 e. The Morgan fingerprint density at radius 3 is 2.89 bits per heavy atom. The Bertz CT molecular complexity index is 624. The van der Waals surface area contributed by atoms with Crippen LogP contribution in [0.3, 0.4) is 0 Å². The minimum absolute atomic E-state index is 0.601. The molecule has 0 unspecified atom stereocenters. The summed E-state index contributed by atoms with van der Waals surface area (Å²) in [7, 11) is 0. The van der Waals surface area contributed by atoms with Gasteiger partial charge in [-0.3, -0.25) is 5.43 Å². The van der Waals surface area contributed by atoms with E-state index in [1.807, 2.05) is 31.2 Å². The van der Waals surface area contributed by atoms with Gasteiger partial charge in [-0.25, -0.2) is 0 Å². The fraction of sp³-hybridized carbons (Fsp3) is 0.143. The molecular formula is C14H13ClN2O. The maximum atomic E-state index is 6.18. The molecule has 0 saturated heterocycles. The highest BCUT2D eigenvalue weighted by Gasteiger charge is 2.18. The monoisotopic (exact) mass is 260 g/mol. The van der Waals surface area contributed by atoms with Crippen LogP contribution in [-0.4, -0.2) is 6.61 Å². The van der Waals surface area contributed by atoms with Gasteiger partial charge in [0, 0.05) is 23.4 Å². The molecule has 0 saturated carbocycles. The van der Waals surface area contributed by atoms with E-state index in [0.717, 1.165) is 11.3 Å². The normalized spacial score (nSPS) is 13.9. The van der Waals surface area contributed by atoms with E-state index in [4.69, 9.17) is 16.5 Å². The highest BCUT2D eigenvalue weighted by Crippen LogP contribution is 2.33. The van der Waals surface area contributed by atoms with Crippen molar-refractivity contribution in [3.05, 3.63) is 47.8 Å². The summed E-state index contributed by atoms with van der Waals surface area (Å²) in [5, 5.41) is 2.36. The highest BCUT2D eigenvalue weighted by atomic mass is 35.5. The van der Waals surface area contributed by atoms with E-state index in [0.29, 0.717) is 12.5 Å². The fourth-order valence-corrected chi connectivity index (χ4v) is 2.39. The summed E-state index contributed by atoms with van der Waals surface area (Å²) in [6.45, 7) is 2.55. The second-order valence-electron chi connectivity index (χ2n) is 4.05. The van der Waals surface area contributed by atoms with E-state index in [1.165, 1.54) is 15.3 Å². The molecule has 1 N–H and O–H groups in total. The van der Waals surface area contributed by atoms with Gasteiger partial charge in [0.1, 0.15) is 0 Å². The maximum Gasteiger partial charge on any atom is 0.207 e. The third-order valence-corrected chi connectivity index (χ3v) is 3.21. The van der Waals surface area contributed by atoms with Crippen LogP contribution in [0.15, 0.2) is 42.3 Å². The molecule has 2 aromatic carbocycles. The standard InChI is InChI=1S/C14H13ClN2O/c1-2-18-14-9-12-11-6-4-3-5-10(11)7-8-13(12)17(15)16-14/h3-9,16H,2H2,1H3. The number of hydrogen-bond acceptors (Lipinski definition) is 3. The van der Waals surface area contributed by atoms with Crippen LogP contribution in [0.4, 0.5) is 5.69 Å². The van der Waals surface area contributed by atoms with Crippen molar-refractivity contribution in [1.82, 2.24) is 5.43 Å². The number of benzene rings is 2. The second-order valence-corrected chi connectivity index (χ2v) is 4.39. The molecule has 3 rings (SSSR count). The van der Waals surface area contributed by atoms with E-state index in [2.05, 4.69) is 23.6 Å². The van der Waals surface area contributed by atoms with Crippen molar-refractivity contribution in [2.24, 2.45) is 0 Å². The molecular weight excluding hydrogens is 248 g/mol. The van der Waals surface area contributed by atoms with Crippen LogP contribution in [0.25, 0.3) is 16.8 Å². The molecule has 1 heterocycles. The van der Waals surface area contributed by atoms with Crippen molar-refractivity contribution in [3.8, 4) is 0 Å². The number of hydrogen-bond donors (Lipinski definition) is 1. The summed E-state index contributed by atoms with van der Waals surface area (Å²) in [6.07, 6.45) is 1.99. The first-order valence-corrected chi connectivity index (χ1v) is 6.22. The van der Waals surface area contributed by atoms with Gasteiger partial charge in [0.25, 0.3) is 0 Å². The Kier molecular flexibility index (Phi) is 2.76. The average molecular weight is 261 g/mol. The van der Waals surface area contributed by atoms with Crippen LogP contribution in [0.1, 0.15) is 12.5 Å². The van der Waals surface area contributed by atoms with Crippen LogP contribution in [-0.2, 0) is 4.74 Å². The summed E-state index contributed by atoms with van der Waals surface area (Å²) < 4.78 is 6.95. The van der Waals surface area contributed by atoms with Crippen LogP contribution in [0, 0.1) is 0 Å². The molecule has 1 aliphatic heterocycles. The minimum atomic E-state index is 0.601. The number of fused-ring (bicyclic) bond motifs is 3. The number of hydrazine groups is 1. The summed E-state index contributed by atoms with van der Waals surface area (Å²) >= 11 is 6.18. The molecule has 0 amide bonds. The lowest BCUT2D eigenvalue weighted by Gasteiger charge is -2.26. The first kappa shape index (κ1) is 11.2. The molecule has 1 aliphatic rings. The van der Waals surface area contributed by atoms with Gasteiger partial charge < -0.3 is 4.74 Å². The summed E-state index contributed by atoms with van der Waals surface area (Å²) in [6, 6.07) is 12.3. The zero-order valence-corrected chi connectivity index (χ0v) is 10.7. The average Bonchev–Trinajstić information content (AvgIpc) is 2.39. The molecule has 0 atom stereocenters. The van der Waals surface area contributed by atoms with Crippen molar-refractivity contribution in [3.63, 3.8) is 0 Å². The SMILES string of the molecule is CCOC1=Cc2c(ccc3ccccc23)N(Cl)N1. The molecule has 4 heteroatoms. The molecule has 0 fully saturated rings. The van der Waals surface area contributed by atoms with Crippen molar-refractivity contribution in [2.45, 2.75) is 6.92 Å². The predicted octanol–water partition coefficient (Wildman–Crippen LogP) is 3.65. The van der Waals surface area contributed by atoms with Crippen LogP contribution in [0.2, 0.25) is 0 Å². The molecule has 0 radical (unpaired) electrons. The van der Waals surface area contributed by atoms with Crippen LogP contribution < -0.4 is 9.95 Å².